The maximum absolute atomic E-state index is 12.2. The summed E-state index contributed by atoms with van der Waals surface area (Å²) in [4.78, 5) is 25.8. The van der Waals surface area contributed by atoms with E-state index in [2.05, 4.69) is 15.3 Å². The Morgan fingerprint density at radius 2 is 2.12 bits per heavy atom. The monoisotopic (exact) mass is 380 g/mol. The van der Waals surface area contributed by atoms with Crippen LogP contribution in [0.25, 0.3) is 10.4 Å². The van der Waals surface area contributed by atoms with Crippen molar-refractivity contribution in [3.8, 4) is 0 Å². The van der Waals surface area contributed by atoms with Crippen LogP contribution in [0.15, 0.2) is 16.9 Å². The van der Waals surface area contributed by atoms with Crippen LogP contribution in [0.4, 0.5) is 0 Å². The number of carboxylic acid groups (broad SMARTS) is 1. The molecule has 26 heavy (non-hydrogen) atoms. The van der Waals surface area contributed by atoms with E-state index < -0.39 is 60.6 Å². The van der Waals surface area contributed by atoms with Crippen molar-refractivity contribution in [3.05, 3.63) is 22.3 Å². The van der Waals surface area contributed by atoms with Crippen LogP contribution in [0.2, 0.25) is 0 Å². The number of carboxylic acids is 1. The summed E-state index contributed by atoms with van der Waals surface area (Å²) in [5, 5.41) is 45.8. The molecule has 0 aromatic heterocycles. The molecule has 1 amide bonds. The number of aliphatic hydroxyl groups excluding tert-OH is 3. The van der Waals surface area contributed by atoms with Gasteiger partial charge in [0.2, 0.25) is 5.91 Å². The average Bonchev–Trinajstić information content (AvgIpc) is 2.60. The Bertz CT molecular complexity index is 582. The van der Waals surface area contributed by atoms with E-state index >= 15 is 0 Å². The molecule has 1 heterocycles. The molecule has 0 aliphatic carbocycles. The van der Waals surface area contributed by atoms with Crippen molar-refractivity contribution in [3.63, 3.8) is 0 Å². The van der Waals surface area contributed by atoms with Crippen LogP contribution in [0.5, 0.6) is 0 Å². The predicted molar refractivity (Wildman–Crippen MR) is 81.4 cm³/mol. The van der Waals surface area contributed by atoms with Crippen molar-refractivity contribution in [1.29, 1.82) is 0 Å². The van der Waals surface area contributed by atoms with E-state index in [4.69, 9.17) is 15.4 Å². The van der Waals surface area contributed by atoms with Crippen LogP contribution in [-0.2, 0) is 14.3 Å². The van der Waals surface area contributed by atoms with Crippen LogP contribution < -0.4 is 40.0 Å². The topological polar surface area (TPSA) is 188 Å². The molecule has 0 spiro atoms. The Balaban J connectivity index is 0.00000625. The summed E-state index contributed by atoms with van der Waals surface area (Å²) in [7, 11) is 0. The minimum atomic E-state index is -1.76. The van der Waals surface area contributed by atoms with Gasteiger partial charge in [0.25, 0.3) is 0 Å². The summed E-state index contributed by atoms with van der Waals surface area (Å²) in [5.41, 5.74) is 8.69. The molecule has 0 aromatic carbocycles. The number of ether oxygens (including phenoxy) is 1. The van der Waals surface area contributed by atoms with Gasteiger partial charge < -0.3 is 35.3 Å². The number of carbonyl (C=O) groups excluding carboxylic acids is 2. The number of hydrogen-bond acceptors (Lipinski definition) is 8. The fourth-order valence-corrected chi connectivity index (χ4v) is 2.26. The van der Waals surface area contributed by atoms with Crippen molar-refractivity contribution < 1.29 is 64.3 Å². The molecular weight excluding hydrogens is 359 g/mol. The van der Waals surface area contributed by atoms with E-state index in [1.54, 1.807) is 13.8 Å². The summed E-state index contributed by atoms with van der Waals surface area (Å²) in [5.74, 6) is -3.27. The number of aliphatic hydroxyl groups is 3. The number of carbonyl (C=O) groups is 2. The van der Waals surface area contributed by atoms with Crippen molar-refractivity contribution >= 4 is 11.9 Å². The molecule has 4 N–H and O–H groups in total. The molecule has 11 nitrogen and oxygen atoms in total. The molecule has 0 radical (unpaired) electrons. The van der Waals surface area contributed by atoms with E-state index in [-0.39, 0.29) is 29.6 Å². The van der Waals surface area contributed by atoms with Crippen molar-refractivity contribution in [2.45, 2.75) is 50.7 Å². The first-order valence-corrected chi connectivity index (χ1v) is 7.68. The first-order valence-electron chi connectivity index (χ1n) is 7.68. The zero-order valence-corrected chi connectivity index (χ0v) is 16.8. The van der Waals surface area contributed by atoms with Gasteiger partial charge in [0.15, 0.2) is 0 Å². The SMILES string of the molecule is CCC(C)C(=O)N[C@H]1[C@H]([C@H](O)[C@H](O)CO)OC(C(=O)[O-])=C[C@@H]1N=[N+]=[N-].[Na+]. The second kappa shape index (κ2) is 11.4. The van der Waals surface area contributed by atoms with Gasteiger partial charge in [-0.15, -0.1) is 0 Å². The molecule has 0 saturated carbocycles. The van der Waals surface area contributed by atoms with Crippen LogP contribution in [-0.4, -0.2) is 64.2 Å². The minimum absolute atomic E-state index is 0. The maximum Gasteiger partial charge on any atom is 1.00 e. The van der Waals surface area contributed by atoms with E-state index in [1.165, 1.54) is 0 Å². The first kappa shape index (κ1) is 24.7. The molecule has 1 aliphatic rings. The Morgan fingerprint density at radius 3 is 2.58 bits per heavy atom. The first-order chi connectivity index (χ1) is 11.8. The zero-order chi connectivity index (χ0) is 19.1. The van der Waals surface area contributed by atoms with E-state index in [9.17, 15) is 24.9 Å². The van der Waals surface area contributed by atoms with Gasteiger partial charge in [0.05, 0.1) is 18.7 Å². The predicted octanol–water partition coefficient (Wildman–Crippen LogP) is -5.05. The third kappa shape index (κ3) is 6.13. The molecule has 0 bridgehead atoms. The summed E-state index contributed by atoms with van der Waals surface area (Å²) < 4.78 is 5.12. The van der Waals surface area contributed by atoms with Crippen molar-refractivity contribution in [2.75, 3.05) is 6.61 Å². The number of nitrogens with zero attached hydrogens (tertiary/aromatic N) is 3. The van der Waals surface area contributed by atoms with Crippen molar-refractivity contribution in [2.24, 2.45) is 11.0 Å². The summed E-state index contributed by atoms with van der Waals surface area (Å²) in [6, 6.07) is -2.36. The molecule has 1 aliphatic heterocycles. The van der Waals surface area contributed by atoms with Gasteiger partial charge in [0.1, 0.15) is 30.0 Å². The van der Waals surface area contributed by atoms with Gasteiger partial charge in [-0.25, -0.2) is 0 Å². The smallest absolute Gasteiger partial charge is 0.542 e. The normalized spacial score (nSPS) is 25.3. The molecule has 12 heteroatoms. The third-order valence-electron chi connectivity index (χ3n) is 3.98. The van der Waals surface area contributed by atoms with Crippen LogP contribution in [0, 0.1) is 5.92 Å². The van der Waals surface area contributed by atoms with Crippen molar-refractivity contribution in [1.82, 2.24) is 5.32 Å². The maximum atomic E-state index is 12.2. The molecule has 6 atom stereocenters. The van der Waals surface area contributed by atoms with Crippen LogP contribution in [0.3, 0.4) is 0 Å². The fourth-order valence-electron chi connectivity index (χ4n) is 2.26. The minimum Gasteiger partial charge on any atom is -0.542 e. The number of rotatable bonds is 8. The van der Waals surface area contributed by atoms with Gasteiger partial charge >= 0.3 is 29.6 Å². The second-order valence-corrected chi connectivity index (χ2v) is 5.68. The largest absolute Gasteiger partial charge is 1.00 e. The van der Waals surface area contributed by atoms with E-state index in [0.717, 1.165) is 6.08 Å². The summed E-state index contributed by atoms with van der Waals surface area (Å²) >= 11 is 0. The Labute approximate surface area is 171 Å². The standard InChI is InChI=1S/C14H22N4O7.Na/c1-3-6(2)13(22)16-10-7(17-18-15)4-9(14(23)24)25-12(10)11(21)8(20)5-19;/h4,6-8,10-12,19-21H,3,5H2,1-2H3,(H,16,22)(H,23,24);/q;+1/p-1/t6?,7-,8+,10+,11+,12+;/m0./s1. The second-order valence-electron chi connectivity index (χ2n) is 5.68. The molecule has 1 rings (SSSR count). The quantitative estimate of drug-likeness (QED) is 0.140. The zero-order valence-electron chi connectivity index (χ0n) is 14.8. The Kier molecular flexibility index (Phi) is 10.8. The molecular formula is C14H21N4NaO7. The number of amides is 1. The number of aliphatic carboxylic acids is 1. The third-order valence-corrected chi connectivity index (χ3v) is 3.98. The van der Waals surface area contributed by atoms with Crippen LogP contribution >= 0.6 is 0 Å². The summed E-state index contributed by atoms with van der Waals surface area (Å²) in [6.45, 7) is 2.60. The van der Waals surface area contributed by atoms with Crippen LogP contribution in [0.1, 0.15) is 20.3 Å². The molecule has 0 aromatic rings. The van der Waals surface area contributed by atoms with E-state index in [1.807, 2.05) is 0 Å². The fraction of sp³-hybridized carbons (Fsp3) is 0.714. The molecule has 140 valence electrons. The van der Waals surface area contributed by atoms with Gasteiger partial charge in [-0.05, 0) is 18.0 Å². The van der Waals surface area contributed by atoms with Gasteiger partial charge in [0, 0.05) is 10.8 Å². The van der Waals surface area contributed by atoms with E-state index in [0.29, 0.717) is 6.42 Å². The molecule has 1 unspecified atom stereocenters. The molecule has 0 fully saturated rings. The number of nitrogens with one attached hydrogen (secondary N) is 1. The molecule has 0 saturated heterocycles. The van der Waals surface area contributed by atoms with Gasteiger partial charge in [-0.1, -0.05) is 19.0 Å². The number of hydrogen-bond donors (Lipinski definition) is 4. The van der Waals surface area contributed by atoms with Gasteiger partial charge in [-0.2, -0.15) is 0 Å². The average molecular weight is 380 g/mol. The number of azide groups is 1. The van der Waals surface area contributed by atoms with Gasteiger partial charge in [-0.3, -0.25) is 4.79 Å². The Morgan fingerprint density at radius 1 is 1.50 bits per heavy atom. The Hall–Kier alpha value is -1.33. The summed E-state index contributed by atoms with van der Waals surface area (Å²) in [6.07, 6.45) is -3.44.